The zero-order chi connectivity index (χ0) is 17.0. The van der Waals surface area contributed by atoms with Gasteiger partial charge in [0.05, 0.1) is 6.67 Å². The largest absolute Gasteiger partial charge is 0.251 e. The molecule has 0 heterocycles. The molecular weight excluding hydrogens is 295 g/mol. The highest BCUT2D eigenvalue weighted by atomic mass is 19.1. The molecule has 2 rings (SSSR count). The third kappa shape index (κ3) is 7.28. The van der Waals surface area contributed by atoms with E-state index in [1.54, 1.807) is 0 Å². The lowest BCUT2D eigenvalue weighted by atomic mass is 9.68. The summed E-state index contributed by atoms with van der Waals surface area (Å²) in [6.45, 7) is 2.10. The van der Waals surface area contributed by atoms with Crippen LogP contribution < -0.4 is 0 Å². The van der Waals surface area contributed by atoms with Crippen LogP contribution in [0.3, 0.4) is 0 Å². The molecule has 0 aromatic carbocycles. The number of alkyl halides is 1. The molecule has 0 radical (unpaired) electrons. The first kappa shape index (κ1) is 20.0. The summed E-state index contributed by atoms with van der Waals surface area (Å²) in [7, 11) is 0. The highest BCUT2D eigenvalue weighted by Crippen LogP contribution is 2.42. The Morgan fingerprint density at radius 2 is 1.42 bits per heavy atom. The number of rotatable bonds is 10. The normalized spacial score (nSPS) is 31.6. The van der Waals surface area contributed by atoms with Crippen LogP contribution in [0.4, 0.5) is 4.39 Å². The van der Waals surface area contributed by atoms with Gasteiger partial charge in [-0.05, 0) is 68.6 Å². The Kier molecular flexibility index (Phi) is 10.1. The average molecular weight is 337 g/mol. The highest BCUT2D eigenvalue weighted by molar-refractivity contribution is 4.92. The van der Waals surface area contributed by atoms with Gasteiger partial charge in [-0.15, -0.1) is 0 Å². The van der Waals surface area contributed by atoms with Crippen molar-refractivity contribution in [2.24, 2.45) is 23.7 Å². The molecule has 1 heteroatoms. The number of unbranched alkanes of at least 4 members (excludes halogenated alkanes) is 4. The first-order valence-corrected chi connectivity index (χ1v) is 11.1. The van der Waals surface area contributed by atoms with E-state index in [4.69, 9.17) is 0 Å². The van der Waals surface area contributed by atoms with Gasteiger partial charge in [-0.3, -0.25) is 4.39 Å². The van der Waals surface area contributed by atoms with Gasteiger partial charge < -0.3 is 0 Å². The summed E-state index contributed by atoms with van der Waals surface area (Å²) in [6, 6.07) is 0. The molecule has 0 nitrogen and oxygen atoms in total. The van der Waals surface area contributed by atoms with E-state index in [2.05, 4.69) is 19.1 Å². The van der Waals surface area contributed by atoms with E-state index in [1.165, 1.54) is 89.9 Å². The summed E-state index contributed by atoms with van der Waals surface area (Å²) in [5.74, 6) is 3.81. The summed E-state index contributed by atoms with van der Waals surface area (Å²) < 4.78 is 12.2. The molecule has 140 valence electrons. The van der Waals surface area contributed by atoms with Crippen LogP contribution >= 0.6 is 0 Å². The Hall–Kier alpha value is -0.330. The monoisotopic (exact) mass is 336 g/mol. The van der Waals surface area contributed by atoms with E-state index in [-0.39, 0.29) is 6.67 Å². The predicted molar refractivity (Wildman–Crippen MR) is 104 cm³/mol. The first-order valence-electron chi connectivity index (χ1n) is 11.1. The maximum absolute atomic E-state index is 12.2. The lowest BCUT2D eigenvalue weighted by Gasteiger charge is -2.37. The maximum atomic E-state index is 12.2. The molecule has 0 aromatic heterocycles. The Morgan fingerprint density at radius 1 is 0.792 bits per heavy atom. The van der Waals surface area contributed by atoms with Crippen LogP contribution in [0.2, 0.25) is 0 Å². The van der Waals surface area contributed by atoms with E-state index in [0.717, 1.165) is 23.7 Å². The SMILES string of the molecule is CCCCCCCC1CCC(C2CCC(/C=C/CCF)CC2)CC1. The van der Waals surface area contributed by atoms with Crippen molar-refractivity contribution >= 4 is 0 Å². The Balaban J connectivity index is 1.56. The van der Waals surface area contributed by atoms with Crippen LogP contribution in [-0.4, -0.2) is 6.67 Å². The smallest absolute Gasteiger partial charge is 0.0928 e. The molecule has 2 fully saturated rings. The van der Waals surface area contributed by atoms with Gasteiger partial charge in [0.2, 0.25) is 0 Å². The maximum Gasteiger partial charge on any atom is 0.0928 e. The second-order valence-corrected chi connectivity index (χ2v) is 8.56. The summed E-state index contributed by atoms with van der Waals surface area (Å²) in [5, 5.41) is 0. The van der Waals surface area contributed by atoms with Crippen molar-refractivity contribution < 1.29 is 4.39 Å². The minimum atomic E-state index is -0.201. The van der Waals surface area contributed by atoms with Gasteiger partial charge in [0.25, 0.3) is 0 Å². The molecule has 2 aliphatic rings. The van der Waals surface area contributed by atoms with Crippen molar-refractivity contribution in [3.05, 3.63) is 12.2 Å². The van der Waals surface area contributed by atoms with E-state index >= 15 is 0 Å². The lowest BCUT2D eigenvalue weighted by Crippen LogP contribution is -2.25. The van der Waals surface area contributed by atoms with Crippen LogP contribution in [0.1, 0.15) is 103 Å². The van der Waals surface area contributed by atoms with Crippen LogP contribution in [-0.2, 0) is 0 Å². The first-order chi connectivity index (χ1) is 11.8. The van der Waals surface area contributed by atoms with Gasteiger partial charge in [0, 0.05) is 0 Å². The fourth-order valence-corrected chi connectivity index (χ4v) is 5.15. The van der Waals surface area contributed by atoms with Gasteiger partial charge >= 0.3 is 0 Å². The number of allylic oxidation sites excluding steroid dienone is 2. The summed E-state index contributed by atoms with van der Waals surface area (Å²) in [6.07, 6.45) is 25.3. The van der Waals surface area contributed by atoms with Crippen molar-refractivity contribution in [3.8, 4) is 0 Å². The van der Waals surface area contributed by atoms with Crippen LogP contribution in [0.25, 0.3) is 0 Å². The molecule has 0 bridgehead atoms. The molecule has 0 N–H and O–H groups in total. The summed E-state index contributed by atoms with van der Waals surface area (Å²) >= 11 is 0. The van der Waals surface area contributed by atoms with E-state index < -0.39 is 0 Å². The second-order valence-electron chi connectivity index (χ2n) is 8.56. The third-order valence-electron chi connectivity index (χ3n) is 6.77. The zero-order valence-electron chi connectivity index (χ0n) is 16.2. The predicted octanol–water partition coefficient (Wildman–Crippen LogP) is 7.88. The average Bonchev–Trinajstić information content (AvgIpc) is 2.63. The van der Waals surface area contributed by atoms with E-state index in [0.29, 0.717) is 6.42 Å². The van der Waals surface area contributed by atoms with Crippen molar-refractivity contribution in [2.75, 3.05) is 6.67 Å². The summed E-state index contributed by atoms with van der Waals surface area (Å²) in [4.78, 5) is 0. The van der Waals surface area contributed by atoms with Gasteiger partial charge in [-0.1, -0.05) is 70.4 Å². The fraction of sp³-hybridized carbons (Fsp3) is 0.913. The number of hydrogen-bond acceptors (Lipinski definition) is 0. The molecule has 0 unspecified atom stereocenters. The van der Waals surface area contributed by atoms with Crippen molar-refractivity contribution in [3.63, 3.8) is 0 Å². The van der Waals surface area contributed by atoms with Crippen LogP contribution in [0.15, 0.2) is 12.2 Å². The van der Waals surface area contributed by atoms with Crippen molar-refractivity contribution in [1.82, 2.24) is 0 Å². The van der Waals surface area contributed by atoms with Crippen LogP contribution in [0, 0.1) is 23.7 Å². The standard InChI is InChI=1S/C23H41F/c1-2-3-4-5-6-9-20-11-15-22(16-12-20)23-17-13-21(14-18-23)10-7-8-19-24/h7,10,20-23H,2-6,8-9,11-19H2,1H3/b10-7+. The molecule has 0 spiro atoms. The molecule has 2 saturated carbocycles. The third-order valence-corrected chi connectivity index (χ3v) is 6.77. The van der Waals surface area contributed by atoms with Gasteiger partial charge in [-0.25, -0.2) is 0 Å². The molecule has 0 aromatic rings. The Morgan fingerprint density at radius 3 is 2.04 bits per heavy atom. The Labute approximate surface area is 150 Å². The molecule has 0 amide bonds. The highest BCUT2D eigenvalue weighted by Gasteiger charge is 2.30. The van der Waals surface area contributed by atoms with Crippen LogP contribution in [0.5, 0.6) is 0 Å². The molecular formula is C23H41F. The van der Waals surface area contributed by atoms with Crippen molar-refractivity contribution in [1.29, 1.82) is 0 Å². The van der Waals surface area contributed by atoms with Gasteiger partial charge in [0.15, 0.2) is 0 Å². The lowest BCUT2D eigenvalue weighted by molar-refractivity contribution is 0.151. The molecule has 0 aliphatic heterocycles. The van der Waals surface area contributed by atoms with Gasteiger partial charge in [-0.2, -0.15) is 0 Å². The summed E-state index contributed by atoms with van der Waals surface area (Å²) in [5.41, 5.74) is 0. The topological polar surface area (TPSA) is 0 Å². The van der Waals surface area contributed by atoms with Crippen molar-refractivity contribution in [2.45, 2.75) is 103 Å². The van der Waals surface area contributed by atoms with E-state index in [1.807, 2.05) is 0 Å². The molecule has 24 heavy (non-hydrogen) atoms. The molecule has 0 saturated heterocycles. The second kappa shape index (κ2) is 12.1. The number of hydrogen-bond donors (Lipinski definition) is 0. The number of halogens is 1. The molecule has 0 atom stereocenters. The zero-order valence-corrected chi connectivity index (χ0v) is 16.2. The minimum Gasteiger partial charge on any atom is -0.251 e. The van der Waals surface area contributed by atoms with E-state index in [9.17, 15) is 4.39 Å². The quantitative estimate of drug-likeness (QED) is 0.281. The Bertz CT molecular complexity index is 319. The molecule has 2 aliphatic carbocycles. The van der Waals surface area contributed by atoms with Gasteiger partial charge in [0.1, 0.15) is 0 Å². The minimum absolute atomic E-state index is 0.201. The fourth-order valence-electron chi connectivity index (χ4n) is 5.15.